The molecule has 142 valence electrons. The lowest BCUT2D eigenvalue weighted by atomic mass is 10.0. The van der Waals surface area contributed by atoms with Gasteiger partial charge in [0.15, 0.2) is 5.82 Å². The average Bonchev–Trinajstić information content (AvgIpc) is 2.68. The number of hydrogen-bond donors (Lipinski definition) is 0. The van der Waals surface area contributed by atoms with Crippen molar-refractivity contribution in [2.45, 2.75) is 44.9 Å². The molecule has 4 rings (SSSR count). The highest BCUT2D eigenvalue weighted by molar-refractivity contribution is 5.97. The molecular weight excluding hydrogens is 355 g/mol. The molecular formula is C19H20F3N5. The molecule has 0 aromatic carbocycles. The van der Waals surface area contributed by atoms with Gasteiger partial charge in [-0.3, -0.25) is 14.9 Å². The van der Waals surface area contributed by atoms with Crippen molar-refractivity contribution in [3.05, 3.63) is 52.9 Å². The molecule has 0 bridgehead atoms. The first-order chi connectivity index (χ1) is 13.0. The summed E-state index contributed by atoms with van der Waals surface area (Å²) in [5.41, 5.74) is 2.50. The molecule has 0 aliphatic carbocycles. The number of nitrogens with zero attached hydrogens (tertiary/aromatic N) is 5. The van der Waals surface area contributed by atoms with E-state index >= 15 is 0 Å². The molecule has 0 atom stereocenters. The monoisotopic (exact) mass is 375 g/mol. The van der Waals surface area contributed by atoms with Crippen molar-refractivity contribution in [3.63, 3.8) is 0 Å². The predicted molar refractivity (Wildman–Crippen MR) is 94.3 cm³/mol. The summed E-state index contributed by atoms with van der Waals surface area (Å²) in [7, 11) is 0. The van der Waals surface area contributed by atoms with E-state index in [-0.39, 0.29) is 12.1 Å². The molecule has 27 heavy (non-hydrogen) atoms. The number of hydrogen-bond acceptors (Lipinski definition) is 5. The molecule has 0 unspecified atom stereocenters. The van der Waals surface area contributed by atoms with Crippen LogP contribution in [0.25, 0.3) is 0 Å². The molecule has 8 heteroatoms. The molecule has 0 radical (unpaired) electrons. The van der Waals surface area contributed by atoms with Gasteiger partial charge in [-0.15, -0.1) is 0 Å². The number of rotatable bonds is 3. The van der Waals surface area contributed by atoms with Crippen LogP contribution in [0.1, 0.15) is 47.5 Å². The van der Waals surface area contributed by atoms with Gasteiger partial charge in [-0.05, 0) is 30.9 Å². The van der Waals surface area contributed by atoms with E-state index in [1.807, 2.05) is 4.90 Å². The van der Waals surface area contributed by atoms with E-state index in [0.29, 0.717) is 25.3 Å². The van der Waals surface area contributed by atoms with Crippen LogP contribution in [-0.2, 0) is 25.7 Å². The van der Waals surface area contributed by atoms with Crippen LogP contribution in [0.2, 0.25) is 0 Å². The standard InChI is InChI=1S/C19H20F3N5/c20-19(21,22)15-4-7-23-9-13(15)11-27-8-5-16-14(12-27)10-25-18(26-16)17-3-1-2-6-24-17/h4,7,9-10H,1-3,5-6,8,11-12H2. The zero-order valence-electron chi connectivity index (χ0n) is 14.8. The first-order valence-corrected chi connectivity index (χ1v) is 9.11. The van der Waals surface area contributed by atoms with E-state index in [2.05, 4.69) is 19.9 Å². The summed E-state index contributed by atoms with van der Waals surface area (Å²) < 4.78 is 39.6. The lowest BCUT2D eigenvalue weighted by molar-refractivity contribution is -0.138. The van der Waals surface area contributed by atoms with Crippen molar-refractivity contribution >= 4 is 5.71 Å². The molecule has 2 aromatic rings. The summed E-state index contributed by atoms with van der Waals surface area (Å²) in [6.07, 6.45) is 3.74. The SMILES string of the molecule is FC(F)(F)c1ccncc1CN1CCc2nc(C3=NCCCC3)ncc2C1. The minimum Gasteiger partial charge on any atom is -0.294 e. The predicted octanol–water partition coefficient (Wildman–Crippen LogP) is 3.42. The maximum atomic E-state index is 13.2. The minimum atomic E-state index is -4.37. The van der Waals surface area contributed by atoms with Gasteiger partial charge in [0.05, 0.1) is 17.0 Å². The largest absolute Gasteiger partial charge is 0.416 e. The highest BCUT2D eigenvalue weighted by atomic mass is 19.4. The van der Waals surface area contributed by atoms with Gasteiger partial charge in [-0.2, -0.15) is 13.2 Å². The summed E-state index contributed by atoms with van der Waals surface area (Å²) in [6.45, 7) is 2.23. The molecule has 0 saturated heterocycles. The second-order valence-electron chi connectivity index (χ2n) is 6.94. The Kier molecular flexibility index (Phi) is 4.90. The maximum absolute atomic E-state index is 13.2. The van der Waals surface area contributed by atoms with Gasteiger partial charge in [0.1, 0.15) is 0 Å². The third-order valence-corrected chi connectivity index (χ3v) is 5.00. The molecule has 0 saturated carbocycles. The van der Waals surface area contributed by atoms with Crippen molar-refractivity contribution in [3.8, 4) is 0 Å². The van der Waals surface area contributed by atoms with Crippen LogP contribution in [0, 0.1) is 0 Å². The number of aromatic nitrogens is 3. The number of fused-ring (bicyclic) bond motifs is 1. The Balaban J connectivity index is 1.50. The Hall–Kier alpha value is -2.35. The molecule has 0 fully saturated rings. The summed E-state index contributed by atoms with van der Waals surface area (Å²) in [4.78, 5) is 19.5. The van der Waals surface area contributed by atoms with Crippen LogP contribution in [0.15, 0.2) is 29.6 Å². The minimum absolute atomic E-state index is 0.197. The Morgan fingerprint density at radius 3 is 2.78 bits per heavy atom. The van der Waals surface area contributed by atoms with Crippen molar-refractivity contribution in [1.82, 2.24) is 19.9 Å². The molecule has 2 aromatic heterocycles. The second-order valence-corrected chi connectivity index (χ2v) is 6.94. The van der Waals surface area contributed by atoms with Gasteiger partial charge >= 0.3 is 6.18 Å². The van der Waals surface area contributed by atoms with Gasteiger partial charge in [0.25, 0.3) is 0 Å². The van der Waals surface area contributed by atoms with Crippen LogP contribution in [0.4, 0.5) is 13.2 Å². The molecule has 0 amide bonds. The summed E-state index contributed by atoms with van der Waals surface area (Å²) in [5, 5.41) is 0. The first kappa shape index (κ1) is 18.0. The van der Waals surface area contributed by atoms with E-state index in [9.17, 15) is 13.2 Å². The first-order valence-electron chi connectivity index (χ1n) is 9.11. The van der Waals surface area contributed by atoms with Gasteiger partial charge in [0, 0.05) is 56.8 Å². The van der Waals surface area contributed by atoms with E-state index < -0.39 is 11.7 Å². The van der Waals surface area contributed by atoms with Crippen LogP contribution in [0.3, 0.4) is 0 Å². The van der Waals surface area contributed by atoms with Gasteiger partial charge in [-0.1, -0.05) is 0 Å². The van der Waals surface area contributed by atoms with Gasteiger partial charge < -0.3 is 0 Å². The quantitative estimate of drug-likeness (QED) is 0.825. The average molecular weight is 375 g/mol. The lowest BCUT2D eigenvalue weighted by Crippen LogP contribution is -2.32. The van der Waals surface area contributed by atoms with Crippen LogP contribution < -0.4 is 0 Å². The highest BCUT2D eigenvalue weighted by Crippen LogP contribution is 2.32. The normalized spacial score (nSPS) is 18.1. The van der Waals surface area contributed by atoms with E-state index in [4.69, 9.17) is 0 Å². The summed E-state index contributed by atoms with van der Waals surface area (Å²) >= 11 is 0. The van der Waals surface area contributed by atoms with Gasteiger partial charge in [-0.25, -0.2) is 9.97 Å². The fourth-order valence-corrected chi connectivity index (χ4v) is 3.60. The van der Waals surface area contributed by atoms with Gasteiger partial charge in [0.2, 0.25) is 0 Å². The second kappa shape index (κ2) is 7.34. The third kappa shape index (κ3) is 4.00. The molecule has 2 aliphatic rings. The van der Waals surface area contributed by atoms with Crippen molar-refractivity contribution in [2.24, 2.45) is 4.99 Å². The molecule has 5 nitrogen and oxygen atoms in total. The van der Waals surface area contributed by atoms with Crippen LogP contribution >= 0.6 is 0 Å². The maximum Gasteiger partial charge on any atom is 0.416 e. The third-order valence-electron chi connectivity index (χ3n) is 5.00. The Bertz CT molecular complexity index is 863. The number of aliphatic imine (C=N–C) groups is 1. The molecule has 0 N–H and O–H groups in total. The zero-order valence-corrected chi connectivity index (χ0v) is 14.8. The van der Waals surface area contributed by atoms with E-state index in [1.54, 1.807) is 6.20 Å². The van der Waals surface area contributed by atoms with E-state index in [0.717, 1.165) is 48.8 Å². The molecule has 2 aliphatic heterocycles. The van der Waals surface area contributed by atoms with Crippen LogP contribution in [-0.4, -0.2) is 38.7 Å². The Morgan fingerprint density at radius 2 is 2.00 bits per heavy atom. The lowest BCUT2D eigenvalue weighted by Gasteiger charge is -2.29. The van der Waals surface area contributed by atoms with Crippen molar-refractivity contribution < 1.29 is 13.2 Å². The summed E-state index contributed by atoms with van der Waals surface area (Å²) in [5.74, 6) is 0.702. The Morgan fingerprint density at radius 1 is 1.11 bits per heavy atom. The topological polar surface area (TPSA) is 54.3 Å². The highest BCUT2D eigenvalue weighted by Gasteiger charge is 2.34. The number of alkyl halides is 3. The number of halogens is 3. The number of pyridine rings is 1. The smallest absolute Gasteiger partial charge is 0.294 e. The van der Waals surface area contributed by atoms with Crippen molar-refractivity contribution in [2.75, 3.05) is 13.1 Å². The fourth-order valence-electron chi connectivity index (χ4n) is 3.60. The molecule has 0 spiro atoms. The van der Waals surface area contributed by atoms with E-state index in [1.165, 1.54) is 12.4 Å². The van der Waals surface area contributed by atoms with Crippen molar-refractivity contribution in [1.29, 1.82) is 0 Å². The Labute approximate surface area is 155 Å². The summed E-state index contributed by atoms with van der Waals surface area (Å²) in [6, 6.07) is 1.04. The van der Waals surface area contributed by atoms with Crippen LogP contribution in [0.5, 0.6) is 0 Å². The zero-order chi connectivity index (χ0) is 18.9. The fraction of sp³-hybridized carbons (Fsp3) is 0.474. The molecule has 4 heterocycles.